The van der Waals surface area contributed by atoms with Gasteiger partial charge in [-0.15, -0.1) is 12.4 Å². The number of hydrogen-bond acceptors (Lipinski definition) is 7. The Hall–Kier alpha value is -4.35. The summed E-state index contributed by atoms with van der Waals surface area (Å²) in [7, 11) is 1.56. The van der Waals surface area contributed by atoms with Crippen molar-refractivity contribution < 1.29 is 32.9 Å². The summed E-state index contributed by atoms with van der Waals surface area (Å²) in [4.78, 5) is 29.3. The van der Waals surface area contributed by atoms with Crippen LogP contribution in [-0.4, -0.2) is 57.9 Å². The largest absolute Gasteiger partial charge is 0.492 e. The number of methoxy groups -OCH3 is 1. The van der Waals surface area contributed by atoms with Gasteiger partial charge in [-0.1, -0.05) is 80.9 Å². The third-order valence-electron chi connectivity index (χ3n) is 8.38. The molecule has 0 aliphatic carbocycles. The van der Waals surface area contributed by atoms with Crippen LogP contribution in [0.1, 0.15) is 56.4 Å². The van der Waals surface area contributed by atoms with Crippen LogP contribution >= 0.6 is 24.0 Å². The predicted octanol–water partition coefficient (Wildman–Crippen LogP) is 7.92. The maximum absolute atomic E-state index is 14.3. The molecule has 53 heavy (non-hydrogen) atoms. The summed E-state index contributed by atoms with van der Waals surface area (Å²) < 4.78 is 38.8. The number of carbonyl (C=O) groups excluding carboxylic acids is 2. The van der Waals surface area contributed by atoms with Gasteiger partial charge in [0.15, 0.2) is 11.5 Å². The molecule has 1 heterocycles. The van der Waals surface area contributed by atoms with Crippen LogP contribution in [0.2, 0.25) is 5.02 Å². The number of ether oxygens (including phenoxy) is 4. The van der Waals surface area contributed by atoms with Gasteiger partial charge in [-0.25, -0.2) is 4.39 Å². The van der Waals surface area contributed by atoms with Gasteiger partial charge in [-0.05, 0) is 60.8 Å². The molecule has 0 aromatic heterocycles. The lowest BCUT2D eigenvalue weighted by Crippen LogP contribution is -2.45. The fourth-order valence-electron chi connectivity index (χ4n) is 5.99. The standard InChI is InChI=1S/C41H47ClFN3O6.ClH/c1-41(2,3)27-46-34-19-18-29(42)24-32(34)38(52-36(40(46)48)25-37(47)45-26-28-12-8-9-16-33(28)43)31-15-10-17-35(39(31)49-4)51-22-11-20-44-21-23-50-30-13-6-5-7-14-30;/h5-10,12-19,24,36,38,44H,11,20-23,25-27H2,1-4H3,(H,45,47);1H. The lowest BCUT2D eigenvalue weighted by molar-refractivity contribution is -0.138. The van der Waals surface area contributed by atoms with E-state index in [4.69, 9.17) is 30.5 Å². The number of benzene rings is 4. The number of halogens is 3. The quantitative estimate of drug-likeness (QED) is 0.112. The van der Waals surface area contributed by atoms with Crippen LogP contribution in [0.5, 0.6) is 17.2 Å². The normalized spacial score (nSPS) is 15.5. The number of para-hydroxylation sites is 2. The minimum Gasteiger partial charge on any atom is -0.492 e. The van der Waals surface area contributed by atoms with Gasteiger partial charge in [-0.3, -0.25) is 9.59 Å². The minimum atomic E-state index is -1.18. The summed E-state index contributed by atoms with van der Waals surface area (Å²) in [6.07, 6.45) is -1.58. The average molecular weight is 769 g/mol. The monoisotopic (exact) mass is 767 g/mol. The highest BCUT2D eigenvalue weighted by atomic mass is 35.5. The lowest BCUT2D eigenvalue weighted by atomic mass is 9.94. The molecule has 0 spiro atoms. The molecule has 9 nitrogen and oxygen atoms in total. The third-order valence-corrected chi connectivity index (χ3v) is 8.62. The summed E-state index contributed by atoms with van der Waals surface area (Å²) in [5.41, 5.74) is 1.93. The van der Waals surface area contributed by atoms with E-state index in [1.54, 1.807) is 42.3 Å². The van der Waals surface area contributed by atoms with Crippen molar-refractivity contribution in [1.82, 2.24) is 10.6 Å². The molecule has 0 bridgehead atoms. The Morgan fingerprint density at radius 3 is 2.42 bits per heavy atom. The number of carbonyl (C=O) groups is 2. The molecule has 2 N–H and O–H groups in total. The highest BCUT2D eigenvalue weighted by Gasteiger charge is 2.40. The highest BCUT2D eigenvalue weighted by molar-refractivity contribution is 6.30. The van der Waals surface area contributed by atoms with Gasteiger partial charge in [0.2, 0.25) is 5.91 Å². The maximum atomic E-state index is 14.3. The summed E-state index contributed by atoms with van der Waals surface area (Å²) in [6, 6.07) is 26.8. The molecule has 0 radical (unpaired) electrons. The first kappa shape index (κ1) is 41.4. The van der Waals surface area contributed by atoms with Crippen molar-refractivity contribution in [3.63, 3.8) is 0 Å². The average Bonchev–Trinajstić information content (AvgIpc) is 3.22. The molecule has 1 aliphatic heterocycles. The van der Waals surface area contributed by atoms with E-state index in [2.05, 4.69) is 10.6 Å². The molecule has 2 atom stereocenters. The van der Waals surface area contributed by atoms with E-state index in [1.165, 1.54) is 6.07 Å². The topological polar surface area (TPSA) is 98.4 Å². The first-order valence-corrected chi connectivity index (χ1v) is 17.9. The number of rotatable bonds is 16. The second-order valence-corrected chi connectivity index (χ2v) is 14.2. The molecule has 4 aromatic carbocycles. The zero-order valence-electron chi connectivity index (χ0n) is 30.5. The Morgan fingerprint density at radius 1 is 0.925 bits per heavy atom. The van der Waals surface area contributed by atoms with Crippen molar-refractivity contribution in [1.29, 1.82) is 0 Å². The highest BCUT2D eigenvalue weighted by Crippen LogP contribution is 2.45. The Morgan fingerprint density at radius 2 is 1.68 bits per heavy atom. The molecule has 5 rings (SSSR count). The van der Waals surface area contributed by atoms with Crippen LogP contribution in [0.15, 0.2) is 91.0 Å². The molecule has 2 unspecified atom stereocenters. The fourth-order valence-corrected chi connectivity index (χ4v) is 6.17. The van der Waals surface area contributed by atoms with Crippen LogP contribution < -0.4 is 29.7 Å². The molecule has 0 saturated carbocycles. The molecule has 1 aliphatic rings. The van der Waals surface area contributed by atoms with Gasteiger partial charge < -0.3 is 34.5 Å². The molecule has 12 heteroatoms. The van der Waals surface area contributed by atoms with E-state index in [0.717, 1.165) is 18.7 Å². The van der Waals surface area contributed by atoms with Gasteiger partial charge in [0.05, 0.1) is 20.1 Å². The number of nitrogens with one attached hydrogen (secondary N) is 2. The van der Waals surface area contributed by atoms with Crippen LogP contribution in [0, 0.1) is 11.2 Å². The first-order chi connectivity index (χ1) is 25.0. The van der Waals surface area contributed by atoms with Crippen molar-refractivity contribution in [3.8, 4) is 17.2 Å². The Labute approximate surface area is 322 Å². The maximum Gasteiger partial charge on any atom is 0.256 e. The first-order valence-electron chi connectivity index (χ1n) is 17.5. The van der Waals surface area contributed by atoms with Crippen molar-refractivity contribution in [3.05, 3.63) is 119 Å². The number of anilines is 1. The molecule has 284 valence electrons. The number of nitrogens with zero attached hydrogens (tertiary/aromatic N) is 1. The van der Waals surface area contributed by atoms with Crippen LogP contribution in [-0.2, 0) is 20.9 Å². The van der Waals surface area contributed by atoms with Crippen molar-refractivity contribution in [2.24, 2.45) is 5.41 Å². The van der Waals surface area contributed by atoms with Gasteiger partial charge >= 0.3 is 0 Å². The lowest BCUT2D eigenvalue weighted by Gasteiger charge is -2.31. The van der Waals surface area contributed by atoms with E-state index < -0.39 is 23.9 Å². The number of amides is 2. The van der Waals surface area contributed by atoms with Gasteiger partial charge in [0.25, 0.3) is 5.91 Å². The number of fused-ring (bicyclic) bond motifs is 1. The molecular weight excluding hydrogens is 720 g/mol. The Kier molecular flexibility index (Phi) is 15.3. The molecule has 2 amide bonds. The van der Waals surface area contributed by atoms with Crippen LogP contribution in [0.4, 0.5) is 10.1 Å². The van der Waals surface area contributed by atoms with Crippen molar-refractivity contribution in [2.75, 3.05) is 44.9 Å². The SMILES string of the molecule is COc1c(OCCCNCCOc2ccccc2)cccc1C1OC(CC(=O)NCc2ccccc2F)C(=O)N(CC(C)(C)C)c2ccc(Cl)cc21.Cl. The van der Waals surface area contributed by atoms with Crippen molar-refractivity contribution in [2.45, 2.75) is 52.4 Å². The van der Waals surface area contributed by atoms with E-state index in [1.807, 2.05) is 75.4 Å². The fraction of sp³-hybridized carbons (Fsp3) is 0.366. The van der Waals surface area contributed by atoms with Crippen molar-refractivity contribution >= 4 is 41.5 Å². The number of hydrogen-bond donors (Lipinski definition) is 2. The zero-order chi connectivity index (χ0) is 37.1. The Balaban J connectivity index is 0.00000627. The van der Waals surface area contributed by atoms with Gasteiger partial charge in [0.1, 0.15) is 30.4 Å². The van der Waals surface area contributed by atoms with E-state index in [9.17, 15) is 14.0 Å². The second kappa shape index (κ2) is 19.6. The summed E-state index contributed by atoms with van der Waals surface area (Å²) >= 11 is 6.58. The summed E-state index contributed by atoms with van der Waals surface area (Å²) in [5.74, 6) is 0.553. The van der Waals surface area contributed by atoms with Crippen LogP contribution in [0.3, 0.4) is 0 Å². The van der Waals surface area contributed by atoms with Gasteiger partial charge in [-0.2, -0.15) is 0 Å². The van der Waals surface area contributed by atoms with E-state index in [-0.39, 0.29) is 36.7 Å². The minimum absolute atomic E-state index is 0. The zero-order valence-corrected chi connectivity index (χ0v) is 32.1. The Bertz CT molecular complexity index is 1810. The molecular formula is C41H48Cl2FN3O6. The molecule has 4 aromatic rings. The summed E-state index contributed by atoms with van der Waals surface area (Å²) in [5, 5.41) is 6.58. The second-order valence-electron chi connectivity index (χ2n) is 13.8. The van der Waals surface area contributed by atoms with Crippen LogP contribution in [0.25, 0.3) is 0 Å². The predicted molar refractivity (Wildman–Crippen MR) is 208 cm³/mol. The van der Waals surface area contributed by atoms with E-state index in [0.29, 0.717) is 65.2 Å². The third kappa shape index (κ3) is 11.6. The molecule has 0 fully saturated rings. The van der Waals surface area contributed by atoms with E-state index >= 15 is 0 Å². The van der Waals surface area contributed by atoms with Gasteiger partial charge in [0, 0.05) is 47.0 Å². The molecule has 0 saturated heterocycles. The smallest absolute Gasteiger partial charge is 0.256 e. The summed E-state index contributed by atoms with van der Waals surface area (Å²) in [6.45, 7) is 8.83.